The quantitative estimate of drug-likeness (QED) is 0.832. The van der Waals surface area contributed by atoms with Crippen molar-refractivity contribution in [2.24, 2.45) is 5.73 Å². The van der Waals surface area contributed by atoms with Gasteiger partial charge in [-0.3, -0.25) is 9.59 Å². The first-order valence-electron chi connectivity index (χ1n) is 7.33. The van der Waals surface area contributed by atoms with Crippen LogP contribution in [-0.4, -0.2) is 41.1 Å². The van der Waals surface area contributed by atoms with E-state index in [1.807, 2.05) is 11.0 Å². The monoisotopic (exact) mass is 375 g/mol. The van der Waals surface area contributed by atoms with Gasteiger partial charge in [-0.2, -0.15) is 0 Å². The van der Waals surface area contributed by atoms with E-state index in [2.05, 4.69) is 5.32 Å². The minimum Gasteiger partial charge on any atom is -0.343 e. The number of likely N-dealkylation sites (tertiary alicyclic amines) is 1. The molecule has 23 heavy (non-hydrogen) atoms. The van der Waals surface area contributed by atoms with E-state index in [-0.39, 0.29) is 36.7 Å². The predicted octanol–water partition coefficient (Wildman–Crippen LogP) is 2.51. The summed E-state index contributed by atoms with van der Waals surface area (Å²) >= 11 is 7.35. The molecule has 1 aromatic rings. The van der Waals surface area contributed by atoms with Crippen molar-refractivity contribution in [3.8, 4) is 0 Å². The van der Waals surface area contributed by atoms with Gasteiger partial charge in [0.25, 0.3) is 0 Å². The van der Waals surface area contributed by atoms with Gasteiger partial charge in [0.2, 0.25) is 11.8 Å². The lowest BCUT2D eigenvalue weighted by molar-refractivity contribution is -0.133. The number of fused-ring (bicyclic) bond motifs is 1. The molecule has 0 radical (unpaired) electrons. The van der Waals surface area contributed by atoms with Crippen LogP contribution in [0.15, 0.2) is 23.1 Å². The number of nitrogens with zero attached hydrogens (tertiary/aromatic N) is 1. The molecular weight excluding hydrogens is 357 g/mol. The number of piperidine rings is 1. The number of halogens is 2. The van der Waals surface area contributed by atoms with Gasteiger partial charge in [0.05, 0.1) is 10.9 Å². The second-order valence-electron chi connectivity index (χ2n) is 5.66. The lowest BCUT2D eigenvalue weighted by Gasteiger charge is -2.32. The maximum absolute atomic E-state index is 12.4. The van der Waals surface area contributed by atoms with Crippen LogP contribution in [0, 0.1) is 0 Å². The summed E-state index contributed by atoms with van der Waals surface area (Å²) in [6.45, 7) is 1.37. The van der Waals surface area contributed by atoms with Crippen LogP contribution in [0.1, 0.15) is 19.3 Å². The molecule has 5 nitrogen and oxygen atoms in total. The summed E-state index contributed by atoms with van der Waals surface area (Å²) in [4.78, 5) is 27.3. The van der Waals surface area contributed by atoms with E-state index in [0.29, 0.717) is 18.1 Å². The Morgan fingerprint density at radius 3 is 2.78 bits per heavy atom. The normalized spacial score (nSPS) is 21.2. The average Bonchev–Trinajstić information content (AvgIpc) is 2.49. The smallest absolute Gasteiger partial charge is 0.238 e. The number of hydrogen-bond donors (Lipinski definition) is 2. The topological polar surface area (TPSA) is 75.4 Å². The molecule has 2 heterocycles. The van der Waals surface area contributed by atoms with Crippen LogP contribution in [0.3, 0.4) is 0 Å². The molecule has 0 bridgehead atoms. The number of anilines is 1. The summed E-state index contributed by atoms with van der Waals surface area (Å²) in [6, 6.07) is 5.58. The van der Waals surface area contributed by atoms with E-state index in [1.165, 1.54) is 11.8 Å². The van der Waals surface area contributed by atoms with Crippen LogP contribution in [-0.2, 0) is 9.59 Å². The number of benzene rings is 1. The van der Waals surface area contributed by atoms with E-state index >= 15 is 0 Å². The number of nitrogens with one attached hydrogen (secondary N) is 1. The van der Waals surface area contributed by atoms with Crippen molar-refractivity contribution in [1.82, 2.24) is 4.90 Å². The Kier molecular flexibility index (Phi) is 6.19. The van der Waals surface area contributed by atoms with Gasteiger partial charge in [0.1, 0.15) is 0 Å². The molecule has 0 saturated carbocycles. The molecule has 3 rings (SSSR count). The Labute approximate surface area is 150 Å². The molecule has 126 valence electrons. The fourth-order valence-corrected chi connectivity index (χ4v) is 3.95. The van der Waals surface area contributed by atoms with Crippen LogP contribution in [0.25, 0.3) is 0 Å². The first-order valence-corrected chi connectivity index (χ1v) is 8.59. The molecule has 8 heteroatoms. The van der Waals surface area contributed by atoms with Crippen LogP contribution in [0.2, 0.25) is 5.02 Å². The molecule has 1 fully saturated rings. The number of carbonyl (C=O) groups excluding carboxylic acids is 2. The molecule has 1 unspecified atom stereocenters. The van der Waals surface area contributed by atoms with Crippen molar-refractivity contribution in [3.05, 3.63) is 23.2 Å². The minimum absolute atomic E-state index is 0. The number of thioether (sulfide) groups is 1. The van der Waals surface area contributed by atoms with Crippen LogP contribution < -0.4 is 11.1 Å². The molecule has 0 aromatic heterocycles. The molecule has 3 N–H and O–H groups in total. The Morgan fingerprint density at radius 2 is 2.09 bits per heavy atom. The third-order valence-electron chi connectivity index (χ3n) is 4.01. The van der Waals surface area contributed by atoms with Gasteiger partial charge >= 0.3 is 0 Å². The third-order valence-corrected chi connectivity index (χ3v) is 5.52. The summed E-state index contributed by atoms with van der Waals surface area (Å²) in [5.41, 5.74) is 6.57. The zero-order valence-electron chi connectivity index (χ0n) is 12.5. The van der Waals surface area contributed by atoms with E-state index in [4.69, 9.17) is 17.3 Å². The predicted molar refractivity (Wildman–Crippen MR) is 95.4 cm³/mol. The standard InChI is InChI=1S/C15H18ClN3O2S.ClH/c16-9-1-2-12-11(7-9)18-15(21)13(22-12)8-14(20)19-5-3-10(17)4-6-19;/h1-2,7,10,13H,3-6,8,17H2,(H,18,21);1H. The second kappa shape index (κ2) is 7.75. The fourth-order valence-electron chi connectivity index (χ4n) is 2.69. The first kappa shape index (κ1) is 18.4. The highest BCUT2D eigenvalue weighted by Gasteiger charge is 2.31. The highest BCUT2D eigenvalue weighted by Crippen LogP contribution is 2.38. The number of carbonyl (C=O) groups is 2. The van der Waals surface area contributed by atoms with Crippen molar-refractivity contribution in [2.75, 3.05) is 18.4 Å². The molecule has 0 spiro atoms. The highest BCUT2D eigenvalue weighted by atomic mass is 35.5. The lowest BCUT2D eigenvalue weighted by Crippen LogP contribution is -2.44. The summed E-state index contributed by atoms with van der Waals surface area (Å²) in [5.74, 6) is -0.112. The molecule has 2 aliphatic heterocycles. The van der Waals surface area contributed by atoms with Gasteiger partial charge in [-0.1, -0.05) is 11.6 Å². The molecule has 1 saturated heterocycles. The Bertz CT molecular complexity index is 606. The highest BCUT2D eigenvalue weighted by molar-refractivity contribution is 8.01. The average molecular weight is 376 g/mol. The van der Waals surface area contributed by atoms with E-state index in [0.717, 1.165) is 23.4 Å². The molecule has 1 atom stereocenters. The number of rotatable bonds is 2. The van der Waals surface area contributed by atoms with E-state index in [1.54, 1.807) is 12.1 Å². The largest absolute Gasteiger partial charge is 0.343 e. The van der Waals surface area contributed by atoms with Crippen LogP contribution in [0.5, 0.6) is 0 Å². The zero-order valence-corrected chi connectivity index (χ0v) is 14.8. The van der Waals surface area contributed by atoms with Crippen LogP contribution in [0.4, 0.5) is 5.69 Å². The fraction of sp³-hybridized carbons (Fsp3) is 0.467. The SMILES string of the molecule is Cl.NC1CCN(C(=O)CC2Sc3ccc(Cl)cc3NC2=O)CC1. The maximum Gasteiger partial charge on any atom is 0.238 e. The lowest BCUT2D eigenvalue weighted by atomic mass is 10.1. The summed E-state index contributed by atoms with van der Waals surface area (Å²) in [5, 5.41) is 3.02. The zero-order chi connectivity index (χ0) is 15.7. The van der Waals surface area contributed by atoms with Gasteiger partial charge in [-0.15, -0.1) is 24.2 Å². The summed E-state index contributed by atoms with van der Waals surface area (Å²) in [7, 11) is 0. The third kappa shape index (κ3) is 4.32. The molecular formula is C15H19Cl2N3O2S. The first-order chi connectivity index (χ1) is 10.5. The number of hydrogen-bond acceptors (Lipinski definition) is 4. The van der Waals surface area contributed by atoms with Gasteiger partial charge in [0.15, 0.2) is 0 Å². The van der Waals surface area contributed by atoms with E-state index in [9.17, 15) is 9.59 Å². The van der Waals surface area contributed by atoms with Crippen LogP contribution >= 0.6 is 35.8 Å². The minimum atomic E-state index is -0.392. The van der Waals surface area contributed by atoms with Gasteiger partial charge in [-0.05, 0) is 31.0 Å². The molecule has 1 aromatic carbocycles. The molecule has 2 aliphatic rings. The number of nitrogens with two attached hydrogens (primary N) is 1. The van der Waals surface area contributed by atoms with Gasteiger partial charge < -0.3 is 16.0 Å². The molecule has 0 aliphatic carbocycles. The Hall–Kier alpha value is -0.950. The van der Waals surface area contributed by atoms with Crippen molar-refractivity contribution in [2.45, 2.75) is 35.4 Å². The summed E-state index contributed by atoms with van der Waals surface area (Å²) in [6.07, 6.45) is 1.88. The Balaban J connectivity index is 0.00000192. The number of amides is 2. The van der Waals surface area contributed by atoms with Crippen molar-refractivity contribution >= 4 is 53.3 Å². The Morgan fingerprint density at radius 1 is 1.39 bits per heavy atom. The van der Waals surface area contributed by atoms with Gasteiger partial charge in [-0.25, -0.2) is 0 Å². The maximum atomic E-state index is 12.4. The molecule has 2 amide bonds. The van der Waals surface area contributed by atoms with Gasteiger partial charge in [0, 0.05) is 35.5 Å². The van der Waals surface area contributed by atoms with Crippen molar-refractivity contribution in [3.63, 3.8) is 0 Å². The van der Waals surface area contributed by atoms with Crippen molar-refractivity contribution in [1.29, 1.82) is 0 Å². The second-order valence-corrected chi connectivity index (χ2v) is 7.34. The van der Waals surface area contributed by atoms with Crippen molar-refractivity contribution < 1.29 is 9.59 Å². The van der Waals surface area contributed by atoms with E-state index < -0.39 is 5.25 Å². The summed E-state index contributed by atoms with van der Waals surface area (Å²) < 4.78 is 0.